The van der Waals surface area contributed by atoms with Crippen molar-refractivity contribution >= 4 is 17.6 Å². The number of carbonyl (C=O) groups excluding carboxylic acids is 3. The summed E-state index contributed by atoms with van der Waals surface area (Å²) in [6.07, 6.45) is 1.90. The fourth-order valence-electron chi connectivity index (χ4n) is 1.79. The molecular weight excluding hydrogens is 208 g/mol. The van der Waals surface area contributed by atoms with Gasteiger partial charge in [0.2, 0.25) is 11.8 Å². The van der Waals surface area contributed by atoms with Gasteiger partial charge < -0.3 is 10.2 Å². The van der Waals surface area contributed by atoms with Crippen LogP contribution in [0.5, 0.6) is 0 Å². The number of rotatable bonds is 4. The van der Waals surface area contributed by atoms with E-state index >= 15 is 0 Å². The molecule has 1 N–H and O–H groups in total. The first-order chi connectivity index (χ1) is 7.50. The number of amides is 2. The molecule has 0 spiro atoms. The SMILES string of the molecule is CC(=O)CC(=O)NC(C)C(=O)N1CCCC1. The summed E-state index contributed by atoms with van der Waals surface area (Å²) >= 11 is 0. The van der Waals surface area contributed by atoms with E-state index in [2.05, 4.69) is 5.32 Å². The van der Waals surface area contributed by atoms with Crippen LogP contribution in [0.3, 0.4) is 0 Å². The topological polar surface area (TPSA) is 66.5 Å². The third-order valence-corrected chi connectivity index (χ3v) is 2.58. The Labute approximate surface area is 95.2 Å². The van der Waals surface area contributed by atoms with Gasteiger partial charge in [-0.3, -0.25) is 14.4 Å². The Morgan fingerprint density at radius 1 is 1.25 bits per heavy atom. The van der Waals surface area contributed by atoms with E-state index < -0.39 is 6.04 Å². The molecule has 1 heterocycles. The lowest BCUT2D eigenvalue weighted by Gasteiger charge is -2.20. The maximum absolute atomic E-state index is 11.8. The van der Waals surface area contributed by atoms with E-state index in [0.29, 0.717) is 0 Å². The van der Waals surface area contributed by atoms with Gasteiger partial charge in [-0.2, -0.15) is 0 Å². The minimum Gasteiger partial charge on any atom is -0.344 e. The van der Waals surface area contributed by atoms with Gasteiger partial charge in [0.25, 0.3) is 0 Å². The molecule has 0 aromatic rings. The van der Waals surface area contributed by atoms with Crippen LogP contribution in [0.4, 0.5) is 0 Å². The van der Waals surface area contributed by atoms with Crippen LogP contribution in [0.1, 0.15) is 33.1 Å². The van der Waals surface area contributed by atoms with E-state index in [1.54, 1.807) is 11.8 Å². The highest BCUT2D eigenvalue weighted by atomic mass is 16.2. The maximum atomic E-state index is 11.8. The third-order valence-electron chi connectivity index (χ3n) is 2.58. The van der Waals surface area contributed by atoms with Gasteiger partial charge in [-0.15, -0.1) is 0 Å². The second-order valence-corrected chi connectivity index (χ2v) is 4.20. The molecule has 5 heteroatoms. The number of carbonyl (C=O) groups is 3. The normalized spacial score (nSPS) is 17.0. The summed E-state index contributed by atoms with van der Waals surface area (Å²) in [4.78, 5) is 35.5. The van der Waals surface area contributed by atoms with Gasteiger partial charge in [-0.25, -0.2) is 0 Å². The molecule has 1 atom stereocenters. The van der Waals surface area contributed by atoms with Crippen LogP contribution in [-0.2, 0) is 14.4 Å². The molecule has 1 fully saturated rings. The van der Waals surface area contributed by atoms with E-state index in [-0.39, 0.29) is 24.0 Å². The van der Waals surface area contributed by atoms with Gasteiger partial charge in [-0.05, 0) is 26.7 Å². The molecule has 1 aliphatic heterocycles. The molecule has 1 aliphatic rings. The van der Waals surface area contributed by atoms with E-state index in [4.69, 9.17) is 0 Å². The van der Waals surface area contributed by atoms with Gasteiger partial charge in [0.1, 0.15) is 11.8 Å². The molecule has 0 aromatic carbocycles. The molecule has 16 heavy (non-hydrogen) atoms. The Kier molecular flexibility index (Phi) is 4.46. The van der Waals surface area contributed by atoms with Crippen molar-refractivity contribution in [1.29, 1.82) is 0 Å². The molecule has 5 nitrogen and oxygen atoms in total. The summed E-state index contributed by atoms with van der Waals surface area (Å²) in [6, 6.07) is -0.537. The molecular formula is C11H18N2O3. The monoisotopic (exact) mass is 226 g/mol. The Morgan fingerprint density at radius 2 is 1.81 bits per heavy atom. The van der Waals surface area contributed by atoms with Crippen molar-refractivity contribution in [1.82, 2.24) is 10.2 Å². The molecule has 0 bridgehead atoms. The zero-order chi connectivity index (χ0) is 12.1. The van der Waals surface area contributed by atoms with Crippen LogP contribution in [0.25, 0.3) is 0 Å². The molecule has 0 aromatic heterocycles. The van der Waals surface area contributed by atoms with Crippen molar-refractivity contribution in [2.45, 2.75) is 39.2 Å². The summed E-state index contributed by atoms with van der Waals surface area (Å²) in [5.74, 6) is -0.639. The van der Waals surface area contributed by atoms with Gasteiger partial charge in [-0.1, -0.05) is 0 Å². The molecule has 90 valence electrons. The van der Waals surface area contributed by atoms with Gasteiger partial charge in [0.05, 0.1) is 6.42 Å². The Balaban J connectivity index is 2.38. The van der Waals surface area contributed by atoms with Gasteiger partial charge >= 0.3 is 0 Å². The number of hydrogen-bond donors (Lipinski definition) is 1. The van der Waals surface area contributed by atoms with Crippen molar-refractivity contribution < 1.29 is 14.4 Å². The highest BCUT2D eigenvalue weighted by molar-refractivity contribution is 5.98. The molecule has 0 saturated carbocycles. The molecule has 2 amide bonds. The van der Waals surface area contributed by atoms with Crippen molar-refractivity contribution in [3.63, 3.8) is 0 Å². The zero-order valence-electron chi connectivity index (χ0n) is 9.78. The predicted molar refractivity (Wildman–Crippen MR) is 58.7 cm³/mol. The van der Waals surface area contributed by atoms with E-state index in [0.717, 1.165) is 25.9 Å². The number of nitrogens with zero attached hydrogens (tertiary/aromatic N) is 1. The average molecular weight is 226 g/mol. The highest BCUT2D eigenvalue weighted by Gasteiger charge is 2.24. The maximum Gasteiger partial charge on any atom is 0.244 e. The lowest BCUT2D eigenvalue weighted by molar-refractivity contribution is -0.136. The lowest BCUT2D eigenvalue weighted by Crippen LogP contribution is -2.46. The van der Waals surface area contributed by atoms with Crippen molar-refractivity contribution in [2.24, 2.45) is 0 Å². The summed E-state index contributed by atoms with van der Waals surface area (Å²) < 4.78 is 0. The van der Waals surface area contributed by atoms with Crippen LogP contribution >= 0.6 is 0 Å². The highest BCUT2D eigenvalue weighted by Crippen LogP contribution is 2.08. The smallest absolute Gasteiger partial charge is 0.244 e. The zero-order valence-corrected chi connectivity index (χ0v) is 9.78. The average Bonchev–Trinajstić information content (AvgIpc) is 2.67. The standard InChI is InChI=1S/C11H18N2O3/c1-8(14)7-10(15)12-9(2)11(16)13-5-3-4-6-13/h9H,3-7H2,1-2H3,(H,12,15). The number of nitrogens with one attached hydrogen (secondary N) is 1. The predicted octanol–water partition coefficient (Wildman–Crippen LogP) is 0.0926. The van der Waals surface area contributed by atoms with Crippen LogP contribution in [0.2, 0.25) is 0 Å². The van der Waals surface area contributed by atoms with Crippen molar-refractivity contribution in [2.75, 3.05) is 13.1 Å². The van der Waals surface area contributed by atoms with Crippen molar-refractivity contribution in [3.05, 3.63) is 0 Å². The van der Waals surface area contributed by atoms with Crippen molar-refractivity contribution in [3.8, 4) is 0 Å². The Bertz CT molecular complexity index is 296. The molecule has 1 rings (SSSR count). The second-order valence-electron chi connectivity index (χ2n) is 4.20. The van der Waals surface area contributed by atoms with Crippen LogP contribution < -0.4 is 5.32 Å². The first-order valence-electron chi connectivity index (χ1n) is 5.58. The number of likely N-dealkylation sites (tertiary alicyclic amines) is 1. The second kappa shape index (κ2) is 5.63. The summed E-state index contributed by atoms with van der Waals surface area (Å²) in [6.45, 7) is 4.54. The van der Waals surface area contributed by atoms with Crippen LogP contribution in [-0.4, -0.2) is 41.6 Å². The number of ketones is 1. The quantitative estimate of drug-likeness (QED) is 0.691. The lowest BCUT2D eigenvalue weighted by atomic mass is 10.2. The van der Waals surface area contributed by atoms with Gasteiger partial charge in [0.15, 0.2) is 0 Å². The first-order valence-corrected chi connectivity index (χ1v) is 5.58. The van der Waals surface area contributed by atoms with E-state index in [1.165, 1.54) is 6.92 Å². The first kappa shape index (κ1) is 12.7. The minimum atomic E-state index is -0.537. The summed E-state index contributed by atoms with van der Waals surface area (Å²) in [7, 11) is 0. The van der Waals surface area contributed by atoms with E-state index in [9.17, 15) is 14.4 Å². The molecule has 1 unspecified atom stereocenters. The number of Topliss-reactive ketones (excluding diaryl/α,β-unsaturated/α-hetero) is 1. The van der Waals surface area contributed by atoms with Gasteiger partial charge in [0, 0.05) is 13.1 Å². The summed E-state index contributed by atoms with van der Waals surface area (Å²) in [5, 5.41) is 2.54. The Morgan fingerprint density at radius 3 is 2.31 bits per heavy atom. The fourth-order valence-corrected chi connectivity index (χ4v) is 1.79. The summed E-state index contributed by atoms with van der Waals surface area (Å²) in [5.41, 5.74) is 0. The number of hydrogen-bond acceptors (Lipinski definition) is 3. The minimum absolute atomic E-state index is 0.0607. The molecule has 0 radical (unpaired) electrons. The largest absolute Gasteiger partial charge is 0.344 e. The molecule has 1 saturated heterocycles. The Hall–Kier alpha value is -1.39. The fraction of sp³-hybridized carbons (Fsp3) is 0.727. The third kappa shape index (κ3) is 3.64. The van der Waals surface area contributed by atoms with Crippen LogP contribution in [0, 0.1) is 0 Å². The van der Waals surface area contributed by atoms with Crippen LogP contribution in [0.15, 0.2) is 0 Å². The molecule has 0 aliphatic carbocycles. The van der Waals surface area contributed by atoms with E-state index in [1.807, 2.05) is 0 Å².